The molecule has 3 aromatic rings. The van der Waals surface area contributed by atoms with Crippen LogP contribution < -0.4 is 4.90 Å². The third-order valence-electron chi connectivity index (χ3n) is 6.71. The van der Waals surface area contributed by atoms with Crippen molar-refractivity contribution >= 4 is 38.3 Å². The minimum absolute atomic E-state index is 0.0191. The molecule has 35 heavy (non-hydrogen) atoms. The summed E-state index contributed by atoms with van der Waals surface area (Å²) in [4.78, 5) is 29.4. The molecule has 5 rings (SSSR count). The van der Waals surface area contributed by atoms with Gasteiger partial charge in [-0.15, -0.1) is 0 Å². The van der Waals surface area contributed by atoms with Gasteiger partial charge in [-0.05, 0) is 23.6 Å². The van der Waals surface area contributed by atoms with Gasteiger partial charge in [0.1, 0.15) is 6.07 Å². The zero-order chi connectivity index (χ0) is 24.6. The van der Waals surface area contributed by atoms with Crippen molar-refractivity contribution in [3.63, 3.8) is 0 Å². The van der Waals surface area contributed by atoms with Gasteiger partial charge < -0.3 is 9.80 Å². The van der Waals surface area contributed by atoms with E-state index in [2.05, 4.69) is 0 Å². The van der Waals surface area contributed by atoms with Gasteiger partial charge in [-0.2, -0.15) is 9.57 Å². The molecule has 0 saturated carbocycles. The summed E-state index contributed by atoms with van der Waals surface area (Å²) in [5.74, 6) is -0.687. The van der Waals surface area contributed by atoms with Crippen LogP contribution in [0.2, 0.25) is 0 Å². The number of nitrogens with zero attached hydrogens (tertiary/aromatic N) is 4. The van der Waals surface area contributed by atoms with Crippen molar-refractivity contribution in [1.29, 1.82) is 5.26 Å². The first-order valence-corrected chi connectivity index (χ1v) is 12.9. The summed E-state index contributed by atoms with van der Waals surface area (Å²) in [6.07, 6.45) is 0.135. The zero-order valence-electron chi connectivity index (χ0n) is 19.0. The summed E-state index contributed by atoms with van der Waals surface area (Å²) >= 11 is 0. The fraction of sp³-hybridized carbons (Fsp3) is 0.269. The Morgan fingerprint density at radius 2 is 1.60 bits per heavy atom. The molecule has 0 bridgehead atoms. The standard InChI is InChI=1S/C26H24N4O4S/c27-17-20-7-2-4-11-24(20)35(33,34)29-14-12-28(13-15-29)26(32)21-16-25(31)30(18-21)23-10-5-8-19-6-1-3-9-22(19)23/h1-11,21H,12-16,18H2. The number of hydrogen-bond donors (Lipinski definition) is 0. The van der Waals surface area contributed by atoms with E-state index in [0.29, 0.717) is 6.54 Å². The van der Waals surface area contributed by atoms with Crippen molar-refractivity contribution < 1.29 is 18.0 Å². The summed E-state index contributed by atoms with van der Waals surface area (Å²) in [6.45, 7) is 1.07. The third-order valence-corrected chi connectivity index (χ3v) is 8.66. The number of fused-ring (bicyclic) bond motifs is 1. The van der Waals surface area contributed by atoms with Gasteiger partial charge in [0.15, 0.2) is 0 Å². The molecule has 3 aromatic carbocycles. The number of rotatable bonds is 4. The molecule has 9 heteroatoms. The Hall–Kier alpha value is -3.74. The molecule has 1 atom stereocenters. The third kappa shape index (κ3) is 4.16. The number of carbonyl (C=O) groups is 2. The number of carbonyl (C=O) groups excluding carboxylic acids is 2. The largest absolute Gasteiger partial charge is 0.340 e. The van der Waals surface area contributed by atoms with E-state index in [0.717, 1.165) is 16.5 Å². The SMILES string of the molecule is N#Cc1ccccc1S(=O)(=O)N1CCN(C(=O)C2CC(=O)N(c3cccc4ccccc34)C2)CC1. The Morgan fingerprint density at radius 1 is 0.914 bits per heavy atom. The highest BCUT2D eigenvalue weighted by molar-refractivity contribution is 7.89. The highest BCUT2D eigenvalue weighted by Gasteiger charge is 2.39. The summed E-state index contributed by atoms with van der Waals surface area (Å²) in [5, 5.41) is 11.3. The maximum absolute atomic E-state index is 13.2. The van der Waals surface area contributed by atoms with E-state index in [9.17, 15) is 23.3 Å². The molecule has 2 amide bonds. The van der Waals surface area contributed by atoms with E-state index in [1.165, 1.54) is 16.4 Å². The topological polar surface area (TPSA) is 102 Å². The molecule has 8 nitrogen and oxygen atoms in total. The molecular formula is C26H24N4O4S. The first-order chi connectivity index (χ1) is 16.9. The van der Waals surface area contributed by atoms with Crippen molar-refractivity contribution in [2.75, 3.05) is 37.6 Å². The zero-order valence-corrected chi connectivity index (χ0v) is 19.8. The van der Waals surface area contributed by atoms with E-state index in [4.69, 9.17) is 0 Å². The molecule has 2 aliphatic rings. The molecule has 0 spiro atoms. The van der Waals surface area contributed by atoms with Gasteiger partial charge in [0, 0.05) is 44.5 Å². The number of amides is 2. The number of benzene rings is 3. The van der Waals surface area contributed by atoms with Crippen LogP contribution >= 0.6 is 0 Å². The van der Waals surface area contributed by atoms with Gasteiger partial charge in [0.25, 0.3) is 0 Å². The van der Waals surface area contributed by atoms with E-state index in [1.807, 2.05) is 48.5 Å². The number of sulfonamides is 1. The minimum atomic E-state index is -3.84. The van der Waals surface area contributed by atoms with Crippen molar-refractivity contribution in [1.82, 2.24) is 9.21 Å². The Bertz CT molecular complexity index is 1450. The summed E-state index contributed by atoms with van der Waals surface area (Å²) in [5.41, 5.74) is 0.902. The quantitative estimate of drug-likeness (QED) is 0.562. The van der Waals surface area contributed by atoms with E-state index < -0.39 is 15.9 Å². The molecule has 1 unspecified atom stereocenters. The van der Waals surface area contributed by atoms with Gasteiger partial charge >= 0.3 is 0 Å². The average molecular weight is 489 g/mol. The van der Waals surface area contributed by atoms with Crippen molar-refractivity contribution in [3.8, 4) is 6.07 Å². The van der Waals surface area contributed by atoms with Crippen LogP contribution in [-0.4, -0.2) is 62.2 Å². The first kappa shape index (κ1) is 23.0. The second-order valence-corrected chi connectivity index (χ2v) is 10.6. The van der Waals surface area contributed by atoms with Crippen LogP contribution in [0.5, 0.6) is 0 Å². The molecule has 0 radical (unpaired) electrons. The molecule has 2 saturated heterocycles. The van der Waals surface area contributed by atoms with Gasteiger partial charge in [-0.1, -0.05) is 48.5 Å². The maximum atomic E-state index is 13.2. The van der Waals surface area contributed by atoms with Crippen LogP contribution in [0.25, 0.3) is 10.8 Å². The molecule has 2 aliphatic heterocycles. The highest BCUT2D eigenvalue weighted by Crippen LogP contribution is 2.32. The molecule has 2 fully saturated rings. The van der Waals surface area contributed by atoms with Gasteiger partial charge in [0.05, 0.1) is 22.1 Å². The van der Waals surface area contributed by atoms with Crippen LogP contribution in [0.3, 0.4) is 0 Å². The Morgan fingerprint density at radius 3 is 2.37 bits per heavy atom. The maximum Gasteiger partial charge on any atom is 0.244 e. The lowest BCUT2D eigenvalue weighted by Gasteiger charge is -2.35. The average Bonchev–Trinajstić information content (AvgIpc) is 3.29. The summed E-state index contributed by atoms with van der Waals surface area (Å²) < 4.78 is 27.5. The first-order valence-electron chi connectivity index (χ1n) is 11.5. The monoisotopic (exact) mass is 488 g/mol. The Labute approximate surface area is 204 Å². The molecule has 0 N–H and O–H groups in total. The van der Waals surface area contributed by atoms with Crippen LogP contribution in [0, 0.1) is 17.2 Å². The fourth-order valence-corrected chi connectivity index (χ4v) is 6.44. The van der Waals surface area contributed by atoms with Gasteiger partial charge in [0.2, 0.25) is 21.8 Å². The smallest absolute Gasteiger partial charge is 0.244 e. The molecule has 178 valence electrons. The predicted molar refractivity (Wildman–Crippen MR) is 131 cm³/mol. The fourth-order valence-electron chi connectivity index (χ4n) is 4.88. The molecule has 2 heterocycles. The number of nitriles is 1. The van der Waals surface area contributed by atoms with Crippen LogP contribution in [0.1, 0.15) is 12.0 Å². The number of hydrogen-bond acceptors (Lipinski definition) is 5. The van der Waals surface area contributed by atoms with Crippen molar-refractivity contribution in [2.24, 2.45) is 5.92 Å². The normalized spacial score (nSPS) is 19.2. The van der Waals surface area contributed by atoms with Gasteiger partial charge in [-0.3, -0.25) is 9.59 Å². The second kappa shape index (κ2) is 9.13. The van der Waals surface area contributed by atoms with E-state index in [1.54, 1.807) is 21.9 Å². The molecular weight excluding hydrogens is 464 g/mol. The summed E-state index contributed by atoms with van der Waals surface area (Å²) in [7, 11) is -3.84. The number of anilines is 1. The Balaban J connectivity index is 1.27. The van der Waals surface area contributed by atoms with E-state index in [-0.39, 0.29) is 54.9 Å². The van der Waals surface area contributed by atoms with Crippen molar-refractivity contribution in [3.05, 3.63) is 72.3 Å². The Kier molecular flexibility index (Phi) is 6.01. The predicted octanol–water partition coefficient (Wildman–Crippen LogP) is 2.60. The summed E-state index contributed by atoms with van der Waals surface area (Å²) in [6, 6.07) is 21.7. The molecule has 0 aromatic heterocycles. The lowest BCUT2D eigenvalue weighted by atomic mass is 10.1. The molecule has 0 aliphatic carbocycles. The van der Waals surface area contributed by atoms with Crippen LogP contribution in [0.4, 0.5) is 5.69 Å². The second-order valence-electron chi connectivity index (χ2n) is 8.74. The lowest BCUT2D eigenvalue weighted by molar-refractivity contribution is -0.136. The lowest BCUT2D eigenvalue weighted by Crippen LogP contribution is -2.52. The minimum Gasteiger partial charge on any atom is -0.340 e. The van der Waals surface area contributed by atoms with Crippen molar-refractivity contribution in [2.45, 2.75) is 11.3 Å². The highest BCUT2D eigenvalue weighted by atomic mass is 32.2. The van der Waals surface area contributed by atoms with Gasteiger partial charge in [-0.25, -0.2) is 8.42 Å². The van der Waals surface area contributed by atoms with E-state index >= 15 is 0 Å². The van der Waals surface area contributed by atoms with Crippen LogP contribution in [0.15, 0.2) is 71.6 Å². The number of piperazine rings is 1. The van der Waals surface area contributed by atoms with Crippen LogP contribution in [-0.2, 0) is 19.6 Å².